The molecule has 0 radical (unpaired) electrons. The van der Waals surface area contributed by atoms with Crippen molar-refractivity contribution in [1.82, 2.24) is 5.32 Å². The minimum Gasteiger partial charge on any atom is -0.494 e. The molecule has 0 atom stereocenters. The molecule has 0 saturated carbocycles. The lowest BCUT2D eigenvalue weighted by molar-refractivity contribution is -0.136. The minimum atomic E-state index is -0.753. The fourth-order valence-electron chi connectivity index (χ4n) is 2.58. The molecule has 0 spiro atoms. The van der Waals surface area contributed by atoms with Gasteiger partial charge in [0.2, 0.25) is 0 Å². The highest BCUT2D eigenvalue weighted by Gasteiger charge is 2.22. The number of carbonyl (C=O) groups excluding carboxylic acids is 2. The molecule has 0 unspecified atom stereocenters. The SMILES string of the molecule is CCOc1ccc(NC(=O)C(=O)NCC(c2ccco2)c2ccco2)cc1. The van der Waals surface area contributed by atoms with Gasteiger partial charge in [-0.1, -0.05) is 0 Å². The third-order valence-electron chi connectivity index (χ3n) is 3.87. The van der Waals surface area contributed by atoms with Crippen LogP contribution in [0, 0.1) is 0 Å². The van der Waals surface area contributed by atoms with Crippen LogP contribution in [0.5, 0.6) is 5.75 Å². The molecule has 27 heavy (non-hydrogen) atoms. The smallest absolute Gasteiger partial charge is 0.313 e. The van der Waals surface area contributed by atoms with Gasteiger partial charge in [-0.2, -0.15) is 0 Å². The first kappa shape index (κ1) is 18.3. The third kappa shape index (κ3) is 4.78. The number of anilines is 1. The average molecular weight is 368 g/mol. The predicted molar refractivity (Wildman–Crippen MR) is 98.5 cm³/mol. The van der Waals surface area contributed by atoms with Gasteiger partial charge in [0.25, 0.3) is 0 Å². The molecular formula is C20H20N2O5. The molecule has 7 heteroatoms. The van der Waals surface area contributed by atoms with Crippen molar-refractivity contribution >= 4 is 17.5 Å². The molecule has 0 fully saturated rings. The van der Waals surface area contributed by atoms with E-state index in [1.165, 1.54) is 0 Å². The Bertz CT molecular complexity index is 820. The first-order chi connectivity index (χ1) is 13.2. The quantitative estimate of drug-likeness (QED) is 0.625. The van der Waals surface area contributed by atoms with E-state index in [1.54, 1.807) is 61.1 Å². The van der Waals surface area contributed by atoms with Crippen molar-refractivity contribution in [2.75, 3.05) is 18.5 Å². The summed E-state index contributed by atoms with van der Waals surface area (Å²) in [4.78, 5) is 24.3. The van der Waals surface area contributed by atoms with E-state index in [4.69, 9.17) is 13.6 Å². The van der Waals surface area contributed by atoms with E-state index < -0.39 is 11.8 Å². The maximum absolute atomic E-state index is 12.2. The molecule has 7 nitrogen and oxygen atoms in total. The Labute approximate surface area is 156 Å². The van der Waals surface area contributed by atoms with Crippen molar-refractivity contribution in [3.63, 3.8) is 0 Å². The first-order valence-corrected chi connectivity index (χ1v) is 8.56. The molecule has 0 aliphatic heterocycles. The molecule has 0 aliphatic rings. The number of nitrogens with one attached hydrogen (secondary N) is 2. The molecule has 2 amide bonds. The van der Waals surface area contributed by atoms with Crippen LogP contribution in [0.25, 0.3) is 0 Å². The topological polar surface area (TPSA) is 93.7 Å². The second-order valence-corrected chi connectivity index (χ2v) is 5.70. The summed E-state index contributed by atoms with van der Waals surface area (Å²) in [6.45, 7) is 2.61. The lowest BCUT2D eigenvalue weighted by Gasteiger charge is -2.13. The van der Waals surface area contributed by atoms with Crippen LogP contribution in [0.15, 0.2) is 69.9 Å². The van der Waals surface area contributed by atoms with Gasteiger partial charge < -0.3 is 24.2 Å². The third-order valence-corrected chi connectivity index (χ3v) is 3.87. The molecule has 3 rings (SSSR count). The molecule has 2 N–H and O–H groups in total. The number of carbonyl (C=O) groups is 2. The van der Waals surface area contributed by atoms with Crippen molar-refractivity contribution in [3.8, 4) is 5.75 Å². The maximum atomic E-state index is 12.2. The molecule has 0 bridgehead atoms. The highest BCUT2D eigenvalue weighted by atomic mass is 16.5. The van der Waals surface area contributed by atoms with Crippen LogP contribution in [0.3, 0.4) is 0 Å². The number of ether oxygens (including phenoxy) is 1. The van der Waals surface area contributed by atoms with Gasteiger partial charge in [0.1, 0.15) is 17.3 Å². The normalized spacial score (nSPS) is 10.6. The van der Waals surface area contributed by atoms with Gasteiger partial charge in [-0.15, -0.1) is 0 Å². The van der Waals surface area contributed by atoms with Gasteiger partial charge in [0.05, 0.1) is 25.1 Å². The number of benzene rings is 1. The average Bonchev–Trinajstić information content (AvgIpc) is 3.38. The van der Waals surface area contributed by atoms with Gasteiger partial charge in [-0.3, -0.25) is 9.59 Å². The van der Waals surface area contributed by atoms with Gasteiger partial charge in [-0.25, -0.2) is 0 Å². The van der Waals surface area contributed by atoms with E-state index in [-0.39, 0.29) is 12.5 Å². The van der Waals surface area contributed by atoms with Crippen LogP contribution < -0.4 is 15.4 Å². The number of hydrogen-bond acceptors (Lipinski definition) is 5. The zero-order valence-corrected chi connectivity index (χ0v) is 14.8. The van der Waals surface area contributed by atoms with Gasteiger partial charge >= 0.3 is 11.8 Å². The van der Waals surface area contributed by atoms with E-state index in [2.05, 4.69) is 10.6 Å². The lowest BCUT2D eigenvalue weighted by Crippen LogP contribution is -2.37. The summed E-state index contributed by atoms with van der Waals surface area (Å²) in [5.74, 6) is 0.148. The van der Waals surface area contributed by atoms with Gasteiger partial charge in [-0.05, 0) is 55.5 Å². The highest BCUT2D eigenvalue weighted by Crippen LogP contribution is 2.24. The van der Waals surface area contributed by atoms with E-state index in [0.29, 0.717) is 29.6 Å². The van der Waals surface area contributed by atoms with E-state index >= 15 is 0 Å². The summed E-state index contributed by atoms with van der Waals surface area (Å²) in [7, 11) is 0. The van der Waals surface area contributed by atoms with Crippen molar-refractivity contribution in [3.05, 3.63) is 72.6 Å². The fraction of sp³-hybridized carbons (Fsp3) is 0.200. The molecule has 2 aromatic heterocycles. The van der Waals surface area contributed by atoms with E-state index in [1.807, 2.05) is 6.92 Å². The summed E-state index contributed by atoms with van der Waals surface area (Å²) in [6.07, 6.45) is 3.09. The maximum Gasteiger partial charge on any atom is 0.313 e. The minimum absolute atomic E-state index is 0.163. The number of rotatable bonds is 7. The summed E-state index contributed by atoms with van der Waals surface area (Å²) in [5.41, 5.74) is 0.507. The number of amides is 2. The lowest BCUT2D eigenvalue weighted by atomic mass is 10.0. The van der Waals surface area contributed by atoms with Crippen LogP contribution in [0.2, 0.25) is 0 Å². The molecule has 0 saturated heterocycles. The Morgan fingerprint density at radius 3 is 2.11 bits per heavy atom. The predicted octanol–water partition coefficient (Wildman–Crippen LogP) is 3.16. The standard InChI is InChI=1S/C20H20N2O5/c1-2-25-15-9-7-14(8-10-15)22-20(24)19(23)21-13-16(17-5-3-11-26-17)18-6-4-12-27-18/h3-12,16H,2,13H2,1H3,(H,21,23)(H,22,24). The van der Waals surface area contributed by atoms with Crippen LogP contribution in [0.1, 0.15) is 24.4 Å². The first-order valence-electron chi connectivity index (χ1n) is 8.56. The largest absolute Gasteiger partial charge is 0.494 e. The summed E-state index contributed by atoms with van der Waals surface area (Å²) >= 11 is 0. The van der Waals surface area contributed by atoms with Crippen LogP contribution in [-0.4, -0.2) is 25.0 Å². The summed E-state index contributed by atoms with van der Waals surface area (Å²) in [6, 6.07) is 13.9. The van der Waals surface area contributed by atoms with Gasteiger partial charge in [0.15, 0.2) is 0 Å². The van der Waals surface area contributed by atoms with Crippen LogP contribution in [0.4, 0.5) is 5.69 Å². The second-order valence-electron chi connectivity index (χ2n) is 5.70. The van der Waals surface area contributed by atoms with E-state index in [9.17, 15) is 9.59 Å². The fourth-order valence-corrected chi connectivity index (χ4v) is 2.58. The van der Waals surface area contributed by atoms with Crippen molar-refractivity contribution in [2.24, 2.45) is 0 Å². The molecule has 140 valence electrons. The zero-order valence-electron chi connectivity index (χ0n) is 14.8. The monoisotopic (exact) mass is 368 g/mol. The molecule has 3 aromatic rings. The second kappa shape index (κ2) is 8.75. The molecular weight excluding hydrogens is 348 g/mol. The Morgan fingerprint density at radius 1 is 0.963 bits per heavy atom. The highest BCUT2D eigenvalue weighted by molar-refractivity contribution is 6.39. The number of hydrogen-bond donors (Lipinski definition) is 2. The summed E-state index contributed by atoms with van der Waals surface area (Å²) < 4.78 is 16.2. The van der Waals surface area contributed by atoms with Gasteiger partial charge in [0, 0.05) is 12.2 Å². The van der Waals surface area contributed by atoms with E-state index in [0.717, 1.165) is 0 Å². The van der Waals surface area contributed by atoms with Crippen molar-refractivity contribution < 1.29 is 23.2 Å². The number of furan rings is 2. The molecule has 2 heterocycles. The van der Waals surface area contributed by atoms with Crippen molar-refractivity contribution in [2.45, 2.75) is 12.8 Å². The molecule has 1 aromatic carbocycles. The van der Waals surface area contributed by atoms with Crippen LogP contribution in [-0.2, 0) is 9.59 Å². The Morgan fingerprint density at radius 2 is 1.59 bits per heavy atom. The van der Waals surface area contributed by atoms with Crippen molar-refractivity contribution in [1.29, 1.82) is 0 Å². The zero-order chi connectivity index (χ0) is 19.1. The van der Waals surface area contributed by atoms with Crippen LogP contribution >= 0.6 is 0 Å². The Balaban J connectivity index is 1.58. The Hall–Kier alpha value is -3.48. The molecule has 0 aliphatic carbocycles. The Kier molecular flexibility index (Phi) is 5.94. The summed E-state index contributed by atoms with van der Waals surface area (Å²) in [5, 5.41) is 5.17.